The molecule has 3 aliphatic rings. The van der Waals surface area contributed by atoms with E-state index in [0.717, 1.165) is 22.3 Å². The molecule has 2 fully saturated rings. The van der Waals surface area contributed by atoms with Crippen molar-refractivity contribution in [2.75, 3.05) is 37.7 Å². The van der Waals surface area contributed by atoms with Gasteiger partial charge in [-0.25, -0.2) is 4.79 Å². The van der Waals surface area contributed by atoms with E-state index in [-0.39, 0.29) is 12.0 Å². The van der Waals surface area contributed by atoms with E-state index >= 15 is 0 Å². The molecule has 0 aromatic heterocycles. The predicted molar refractivity (Wildman–Crippen MR) is 168 cm³/mol. The topological polar surface area (TPSA) is 51.2 Å². The fourth-order valence-corrected chi connectivity index (χ4v) is 6.33. The van der Waals surface area contributed by atoms with Crippen LogP contribution in [0.5, 0.6) is 0 Å². The van der Waals surface area contributed by atoms with Crippen molar-refractivity contribution in [3.63, 3.8) is 0 Å². The Balaban J connectivity index is 1.14. The molecule has 0 atom stereocenters. The Morgan fingerprint density at radius 1 is 0.952 bits per heavy atom. The molecule has 2 heterocycles. The number of hydrogen-bond acceptors (Lipinski definition) is 5. The molecule has 0 bridgehead atoms. The van der Waals surface area contributed by atoms with E-state index < -0.39 is 18.3 Å². The van der Waals surface area contributed by atoms with Gasteiger partial charge in [0.2, 0.25) is 0 Å². The highest BCUT2D eigenvalue weighted by Gasteiger charge is 2.52. The van der Waals surface area contributed by atoms with Crippen LogP contribution in [0.3, 0.4) is 0 Å². The molecule has 0 radical (unpaired) electrons. The summed E-state index contributed by atoms with van der Waals surface area (Å²) in [7, 11) is -0.465. The van der Waals surface area contributed by atoms with Crippen molar-refractivity contribution >= 4 is 24.4 Å². The normalized spacial score (nSPS) is 18.9. The second-order valence-electron chi connectivity index (χ2n) is 12.6. The van der Waals surface area contributed by atoms with Crippen LogP contribution in [0.4, 0.5) is 10.5 Å². The van der Waals surface area contributed by atoms with Gasteiger partial charge in [-0.15, -0.1) is 12.3 Å². The summed E-state index contributed by atoms with van der Waals surface area (Å²) in [5.74, 6) is 2.86. The van der Waals surface area contributed by atoms with Crippen LogP contribution in [0, 0.1) is 19.3 Å². The van der Waals surface area contributed by atoms with E-state index in [2.05, 4.69) is 106 Å². The van der Waals surface area contributed by atoms with Gasteiger partial charge in [0.25, 0.3) is 0 Å². The molecule has 2 aliphatic heterocycles. The minimum atomic E-state index is -0.465. The minimum Gasteiger partial charge on any atom is -0.448 e. The second kappa shape index (κ2) is 10.8. The first-order valence-corrected chi connectivity index (χ1v) is 14.9. The Kier molecular flexibility index (Phi) is 7.33. The van der Waals surface area contributed by atoms with Crippen LogP contribution in [0.2, 0.25) is 0 Å². The van der Waals surface area contributed by atoms with Crippen LogP contribution in [-0.4, -0.2) is 62.1 Å². The molecule has 0 saturated carbocycles. The molecule has 3 aromatic rings. The number of nitrogens with zero attached hydrogens (tertiary/aromatic N) is 2. The summed E-state index contributed by atoms with van der Waals surface area (Å²) in [5, 5.41) is 0. The maximum Gasteiger partial charge on any atom is 0.494 e. The number of benzene rings is 3. The first-order valence-electron chi connectivity index (χ1n) is 14.9. The van der Waals surface area contributed by atoms with Gasteiger partial charge < -0.3 is 23.8 Å². The van der Waals surface area contributed by atoms with Crippen molar-refractivity contribution in [3.05, 3.63) is 82.9 Å². The smallest absolute Gasteiger partial charge is 0.448 e. The molecule has 0 N–H and O–H groups in total. The molecule has 6 nitrogen and oxygen atoms in total. The summed E-state index contributed by atoms with van der Waals surface area (Å²) in [4.78, 5) is 17.4. The van der Waals surface area contributed by atoms with Gasteiger partial charge in [0.05, 0.1) is 11.2 Å². The zero-order chi connectivity index (χ0) is 29.6. The van der Waals surface area contributed by atoms with Crippen LogP contribution in [0.15, 0.2) is 60.7 Å². The average Bonchev–Trinajstić information content (AvgIpc) is 3.41. The Labute approximate surface area is 250 Å². The molecule has 42 heavy (non-hydrogen) atoms. The largest absolute Gasteiger partial charge is 0.494 e. The summed E-state index contributed by atoms with van der Waals surface area (Å²) < 4.78 is 18.7. The molecule has 1 aliphatic carbocycles. The number of piperazine rings is 1. The molecular weight excluding hydrogens is 523 g/mol. The monoisotopic (exact) mass is 562 g/mol. The molecule has 6 rings (SSSR count). The molecular formula is C35H39BN2O4. The van der Waals surface area contributed by atoms with E-state index in [4.69, 9.17) is 20.5 Å². The Morgan fingerprint density at radius 3 is 2.10 bits per heavy atom. The van der Waals surface area contributed by atoms with Crippen molar-refractivity contribution in [2.45, 2.75) is 58.2 Å². The van der Waals surface area contributed by atoms with Crippen LogP contribution in [0.25, 0.3) is 11.1 Å². The van der Waals surface area contributed by atoms with Crippen LogP contribution < -0.4 is 10.4 Å². The minimum absolute atomic E-state index is 0.0533. The summed E-state index contributed by atoms with van der Waals surface area (Å²) in [6.45, 7) is 13.3. The van der Waals surface area contributed by atoms with Gasteiger partial charge in [-0.1, -0.05) is 54.6 Å². The summed E-state index contributed by atoms with van der Waals surface area (Å²) in [6, 6.07) is 21.1. The maximum atomic E-state index is 13.2. The van der Waals surface area contributed by atoms with Crippen LogP contribution in [-0.2, 0) is 20.5 Å². The third-order valence-corrected chi connectivity index (χ3v) is 9.54. The van der Waals surface area contributed by atoms with Crippen LogP contribution >= 0.6 is 0 Å². The summed E-state index contributed by atoms with van der Waals surface area (Å²) >= 11 is 0. The fraction of sp³-hybridized carbons (Fsp3) is 0.400. The quantitative estimate of drug-likeness (QED) is 0.302. The SMILES string of the molecule is C#CCc1cc(B2OC(C)(C)C(C)(C)O2)cc(N2CCN(C(=O)OCC3c4ccccc4-c4ccccc43)CC2)c1C. The van der Waals surface area contributed by atoms with E-state index in [0.29, 0.717) is 39.2 Å². The number of carbonyl (C=O) groups excluding carboxylic acids is 1. The highest BCUT2D eigenvalue weighted by Crippen LogP contribution is 2.44. The van der Waals surface area contributed by atoms with Gasteiger partial charge in [-0.3, -0.25) is 0 Å². The Hall–Kier alpha value is -3.73. The zero-order valence-electron chi connectivity index (χ0n) is 25.3. The fourth-order valence-electron chi connectivity index (χ4n) is 6.33. The molecule has 0 spiro atoms. The van der Waals surface area contributed by atoms with Gasteiger partial charge in [0, 0.05) is 44.2 Å². The maximum absolute atomic E-state index is 13.2. The summed E-state index contributed by atoms with van der Waals surface area (Å²) in [6.07, 6.45) is 6.02. The second-order valence-corrected chi connectivity index (χ2v) is 12.6. The van der Waals surface area contributed by atoms with E-state index in [9.17, 15) is 4.79 Å². The first-order chi connectivity index (χ1) is 20.1. The third-order valence-electron chi connectivity index (χ3n) is 9.54. The number of rotatable bonds is 5. The molecule has 216 valence electrons. The lowest BCUT2D eigenvalue weighted by atomic mass is 9.76. The zero-order valence-corrected chi connectivity index (χ0v) is 25.3. The number of anilines is 1. The first kappa shape index (κ1) is 28.4. The molecule has 1 amide bonds. The van der Waals surface area contributed by atoms with Gasteiger partial charge in [-0.05, 0) is 79.5 Å². The average molecular weight is 563 g/mol. The number of hydrogen-bond donors (Lipinski definition) is 0. The Morgan fingerprint density at radius 2 is 1.52 bits per heavy atom. The van der Waals surface area contributed by atoms with Crippen molar-refractivity contribution in [2.24, 2.45) is 0 Å². The predicted octanol–water partition coefficient (Wildman–Crippen LogP) is 5.54. The number of carbonyl (C=O) groups is 1. The van der Waals surface area contributed by atoms with Crippen LogP contribution in [0.1, 0.15) is 55.9 Å². The van der Waals surface area contributed by atoms with Gasteiger partial charge in [-0.2, -0.15) is 0 Å². The van der Waals surface area contributed by atoms with Crippen molar-refractivity contribution in [3.8, 4) is 23.5 Å². The van der Waals surface area contributed by atoms with E-state index in [1.807, 2.05) is 4.90 Å². The van der Waals surface area contributed by atoms with Crippen molar-refractivity contribution < 1.29 is 18.8 Å². The third kappa shape index (κ3) is 4.97. The Bertz CT molecular complexity index is 1490. The van der Waals surface area contributed by atoms with Crippen molar-refractivity contribution in [1.82, 2.24) is 4.90 Å². The molecule has 0 unspecified atom stereocenters. The van der Waals surface area contributed by atoms with E-state index in [1.165, 1.54) is 22.3 Å². The molecule has 2 saturated heterocycles. The molecule has 7 heteroatoms. The van der Waals surface area contributed by atoms with E-state index in [1.54, 1.807) is 0 Å². The lowest BCUT2D eigenvalue weighted by Crippen LogP contribution is -2.49. The lowest BCUT2D eigenvalue weighted by molar-refractivity contribution is 0.00578. The van der Waals surface area contributed by atoms with Crippen molar-refractivity contribution in [1.29, 1.82) is 0 Å². The van der Waals surface area contributed by atoms with Gasteiger partial charge in [0.15, 0.2) is 0 Å². The standard InChI is InChI=1S/C35H39BN2O4/c1-7-12-25-21-26(36-41-34(3,4)35(5,6)42-36)22-32(24(25)2)37-17-19-38(20-18-37)33(39)40-23-31-29-15-10-8-13-27(29)28-14-9-11-16-30(28)31/h1,8-11,13-16,21-22,31H,12,17-20,23H2,2-6H3. The summed E-state index contributed by atoms with van der Waals surface area (Å²) in [5.41, 5.74) is 8.37. The highest BCUT2D eigenvalue weighted by molar-refractivity contribution is 6.62. The van der Waals surface area contributed by atoms with Gasteiger partial charge >= 0.3 is 13.2 Å². The number of fused-ring (bicyclic) bond motifs is 3. The number of amides is 1. The van der Waals surface area contributed by atoms with Gasteiger partial charge in [0.1, 0.15) is 6.61 Å². The number of terminal acetylenes is 1. The highest BCUT2D eigenvalue weighted by atomic mass is 16.7. The number of ether oxygens (including phenoxy) is 1. The lowest BCUT2D eigenvalue weighted by Gasteiger charge is -2.37. The molecule has 3 aromatic carbocycles.